The van der Waals surface area contributed by atoms with Crippen LogP contribution in [-0.2, 0) is 4.65 Å². The van der Waals surface area contributed by atoms with Crippen LogP contribution in [0.2, 0.25) is 11.6 Å². The lowest BCUT2D eigenvalue weighted by atomic mass is 9.27. The maximum Gasteiger partial charge on any atom is 0.300 e. The number of rotatable bonds is 7. The second-order valence-electron chi connectivity index (χ2n) is 13.1. The van der Waals surface area contributed by atoms with Crippen LogP contribution >= 0.6 is 0 Å². The summed E-state index contributed by atoms with van der Waals surface area (Å²) in [6, 6.07) is 4.24. The van der Waals surface area contributed by atoms with Gasteiger partial charge in [0.15, 0.2) is 0 Å². The number of hydrogen-bond acceptors (Lipinski definition) is 2. The molecule has 0 spiro atoms. The van der Waals surface area contributed by atoms with E-state index in [0.717, 1.165) is 41.9 Å². The first-order valence-corrected chi connectivity index (χ1v) is 13.3. The SMILES string of the molecule is C=CC[C@H](OB([C@@H]1C[C@@H]2C[C@H]([C@H]1C)C2(C)C)[C@@H]1C[C@@H]2C[C@H]([C@H]1C)C2(C)C)c1cccnc1. The van der Waals surface area contributed by atoms with Crippen LogP contribution < -0.4 is 0 Å². The molecule has 1 aromatic heterocycles. The Kier molecular flexibility index (Phi) is 5.67. The summed E-state index contributed by atoms with van der Waals surface area (Å²) in [4.78, 5) is 4.41. The molecular formula is C29H44BNO. The van der Waals surface area contributed by atoms with Crippen LogP contribution in [0, 0.1) is 46.3 Å². The van der Waals surface area contributed by atoms with E-state index < -0.39 is 0 Å². The van der Waals surface area contributed by atoms with E-state index in [1.807, 2.05) is 24.5 Å². The quantitative estimate of drug-likeness (QED) is 0.323. The summed E-state index contributed by atoms with van der Waals surface area (Å²) < 4.78 is 7.26. The van der Waals surface area contributed by atoms with Crippen LogP contribution in [0.4, 0.5) is 0 Å². The molecule has 0 amide bonds. The lowest BCUT2D eigenvalue weighted by Crippen LogP contribution is -2.60. The van der Waals surface area contributed by atoms with Crippen LogP contribution in [-0.4, -0.2) is 11.9 Å². The van der Waals surface area contributed by atoms with Crippen molar-refractivity contribution in [2.75, 3.05) is 0 Å². The molecule has 1 heterocycles. The number of pyridine rings is 1. The Morgan fingerprint density at radius 3 is 2.00 bits per heavy atom. The minimum absolute atomic E-state index is 0.0723. The van der Waals surface area contributed by atoms with Gasteiger partial charge in [0, 0.05) is 12.4 Å². The fraction of sp³-hybridized carbons (Fsp3) is 0.759. The number of fused-ring (bicyclic) bond motifs is 4. The van der Waals surface area contributed by atoms with Crippen LogP contribution in [0.25, 0.3) is 0 Å². The second kappa shape index (κ2) is 8.00. The normalized spacial score (nSPS) is 41.7. The van der Waals surface area contributed by atoms with Gasteiger partial charge in [-0.05, 0) is 88.9 Å². The van der Waals surface area contributed by atoms with E-state index in [2.05, 4.69) is 59.2 Å². The van der Waals surface area contributed by atoms with Crippen molar-refractivity contribution in [3.8, 4) is 0 Å². The molecule has 6 saturated carbocycles. The number of aromatic nitrogens is 1. The fourth-order valence-corrected chi connectivity index (χ4v) is 8.94. The van der Waals surface area contributed by atoms with E-state index in [4.69, 9.17) is 4.65 Å². The number of hydrogen-bond donors (Lipinski definition) is 0. The largest absolute Gasteiger partial charge is 0.428 e. The Morgan fingerprint density at radius 1 is 1.03 bits per heavy atom. The van der Waals surface area contributed by atoms with Gasteiger partial charge in [0.05, 0.1) is 6.10 Å². The molecule has 0 aliphatic heterocycles. The predicted octanol–water partition coefficient (Wildman–Crippen LogP) is 7.85. The first-order chi connectivity index (χ1) is 15.2. The highest BCUT2D eigenvalue weighted by Crippen LogP contribution is 2.69. The van der Waals surface area contributed by atoms with Crippen molar-refractivity contribution in [1.82, 2.24) is 4.98 Å². The Balaban J connectivity index is 1.45. The molecule has 9 atom stereocenters. The van der Waals surface area contributed by atoms with Gasteiger partial charge >= 0.3 is 6.92 Å². The summed E-state index contributed by atoms with van der Waals surface area (Å²) in [5.74, 6) is 6.33. The van der Waals surface area contributed by atoms with Crippen LogP contribution in [0.3, 0.4) is 0 Å². The Bertz CT molecular complexity index is 793. The van der Waals surface area contributed by atoms with Gasteiger partial charge in [-0.25, -0.2) is 0 Å². The van der Waals surface area contributed by atoms with Gasteiger partial charge in [0.25, 0.3) is 0 Å². The fourth-order valence-electron chi connectivity index (χ4n) is 8.94. The molecule has 0 N–H and O–H groups in total. The Morgan fingerprint density at radius 2 is 1.59 bits per heavy atom. The monoisotopic (exact) mass is 433 g/mol. The minimum Gasteiger partial charge on any atom is -0.428 e. The van der Waals surface area contributed by atoms with Crippen molar-refractivity contribution < 1.29 is 4.65 Å². The van der Waals surface area contributed by atoms with Gasteiger partial charge in [-0.3, -0.25) is 4.98 Å². The average molecular weight is 433 g/mol. The van der Waals surface area contributed by atoms with Crippen molar-refractivity contribution in [3.05, 3.63) is 42.7 Å². The Labute approximate surface area is 197 Å². The molecule has 174 valence electrons. The zero-order chi connectivity index (χ0) is 22.8. The Hall–Kier alpha value is -1.09. The van der Waals surface area contributed by atoms with E-state index in [1.165, 1.54) is 31.2 Å². The van der Waals surface area contributed by atoms with E-state index >= 15 is 0 Å². The van der Waals surface area contributed by atoms with Gasteiger partial charge in [0.1, 0.15) is 0 Å². The van der Waals surface area contributed by atoms with E-state index in [9.17, 15) is 0 Å². The molecule has 6 fully saturated rings. The van der Waals surface area contributed by atoms with Crippen LogP contribution in [0.1, 0.15) is 85.3 Å². The molecule has 2 nitrogen and oxygen atoms in total. The molecule has 6 aliphatic rings. The van der Waals surface area contributed by atoms with Crippen molar-refractivity contribution >= 4 is 6.92 Å². The molecule has 0 aromatic carbocycles. The molecule has 6 aliphatic carbocycles. The van der Waals surface area contributed by atoms with Gasteiger partial charge in [-0.2, -0.15) is 0 Å². The van der Waals surface area contributed by atoms with Crippen LogP contribution in [0.5, 0.6) is 0 Å². The first-order valence-electron chi connectivity index (χ1n) is 13.3. The van der Waals surface area contributed by atoms with Gasteiger partial charge < -0.3 is 4.65 Å². The summed E-state index contributed by atoms with van der Waals surface area (Å²) in [5, 5.41) is 0. The molecule has 0 radical (unpaired) electrons. The maximum absolute atomic E-state index is 7.26. The van der Waals surface area contributed by atoms with E-state index in [-0.39, 0.29) is 6.10 Å². The third-order valence-electron chi connectivity index (χ3n) is 11.4. The smallest absolute Gasteiger partial charge is 0.300 e. The molecule has 1 aromatic rings. The molecular weight excluding hydrogens is 389 g/mol. The summed E-state index contributed by atoms with van der Waals surface area (Å²) in [7, 11) is 0. The van der Waals surface area contributed by atoms with Crippen molar-refractivity contribution in [2.24, 2.45) is 46.3 Å². The molecule has 3 heteroatoms. The summed E-state index contributed by atoms with van der Waals surface area (Å²) in [5.41, 5.74) is 2.25. The molecule has 4 bridgehead atoms. The highest BCUT2D eigenvalue weighted by atomic mass is 16.4. The van der Waals surface area contributed by atoms with Crippen molar-refractivity contribution in [1.29, 1.82) is 0 Å². The lowest BCUT2D eigenvalue weighted by molar-refractivity contribution is -0.112. The third-order valence-corrected chi connectivity index (χ3v) is 11.4. The average Bonchev–Trinajstić information content (AvgIpc) is 2.77. The summed E-state index contributed by atoms with van der Waals surface area (Å²) in [6.07, 6.45) is 12.4. The van der Waals surface area contributed by atoms with Crippen molar-refractivity contribution in [3.63, 3.8) is 0 Å². The van der Waals surface area contributed by atoms with Crippen molar-refractivity contribution in [2.45, 2.75) is 91.4 Å². The molecule has 7 rings (SSSR count). The third kappa shape index (κ3) is 3.36. The lowest BCUT2D eigenvalue weighted by Gasteiger charge is -2.66. The highest BCUT2D eigenvalue weighted by molar-refractivity contribution is 6.55. The zero-order valence-electron chi connectivity index (χ0n) is 21.3. The second-order valence-corrected chi connectivity index (χ2v) is 13.1. The number of nitrogens with zero attached hydrogens (tertiary/aromatic N) is 1. The topological polar surface area (TPSA) is 22.1 Å². The maximum atomic E-state index is 7.26. The highest BCUT2D eigenvalue weighted by Gasteiger charge is 2.63. The first kappa shape index (κ1) is 22.7. The minimum atomic E-state index is 0.0723. The zero-order valence-corrected chi connectivity index (χ0v) is 21.3. The molecule has 0 unspecified atom stereocenters. The molecule has 32 heavy (non-hydrogen) atoms. The summed E-state index contributed by atoms with van der Waals surface area (Å²) in [6.45, 7) is 19.6. The van der Waals surface area contributed by atoms with Gasteiger partial charge in [-0.15, -0.1) is 6.58 Å². The van der Waals surface area contributed by atoms with Crippen LogP contribution in [0.15, 0.2) is 37.2 Å². The van der Waals surface area contributed by atoms with E-state index in [0.29, 0.717) is 29.4 Å². The predicted molar refractivity (Wildman–Crippen MR) is 134 cm³/mol. The summed E-state index contributed by atoms with van der Waals surface area (Å²) >= 11 is 0. The van der Waals surface area contributed by atoms with E-state index in [1.54, 1.807) is 0 Å². The standard InChI is InChI=1S/C29H44BNO/c1-8-10-27(20-11-9-12-31-17-20)32-30(25-15-21-13-23(18(25)2)28(21,4)5)26-16-22-14-24(19(26)3)29(22,6)7/h8-9,11-12,17-19,21-27H,1,10,13-16H2,2-7H3/t18-,19-,21+,22+,23-,24-,25-,26-,27+/m1/s1. The van der Waals surface area contributed by atoms with Gasteiger partial charge in [-0.1, -0.05) is 66.5 Å². The van der Waals surface area contributed by atoms with Gasteiger partial charge in [0.2, 0.25) is 0 Å². The molecule has 0 saturated heterocycles.